The third kappa shape index (κ3) is 5.36. The van der Waals surface area contributed by atoms with Crippen LogP contribution in [0.4, 0.5) is 5.69 Å². The SMILES string of the molecule is CN1CCN(C(=O)C(c2cccnc2)N(C(=O)[C@H]2CCCN2C#N)c2ccc(C(C)(C)C)cc2)CC1. The fourth-order valence-electron chi connectivity index (χ4n) is 4.97. The molecule has 8 heteroatoms. The van der Waals surface area contributed by atoms with E-state index in [2.05, 4.69) is 36.8 Å². The molecule has 0 radical (unpaired) electrons. The maximum Gasteiger partial charge on any atom is 0.251 e. The molecule has 2 atom stereocenters. The van der Waals surface area contributed by atoms with Gasteiger partial charge < -0.3 is 9.80 Å². The summed E-state index contributed by atoms with van der Waals surface area (Å²) in [4.78, 5) is 39.8. The van der Waals surface area contributed by atoms with Crippen molar-refractivity contribution in [1.82, 2.24) is 19.7 Å². The van der Waals surface area contributed by atoms with Crippen LogP contribution in [0.5, 0.6) is 0 Å². The Kier molecular flexibility index (Phi) is 7.60. The molecule has 2 aliphatic heterocycles. The number of hydrogen-bond acceptors (Lipinski definition) is 6. The van der Waals surface area contributed by atoms with E-state index >= 15 is 0 Å². The maximum atomic E-state index is 14.2. The van der Waals surface area contributed by atoms with E-state index < -0.39 is 12.1 Å². The van der Waals surface area contributed by atoms with E-state index in [0.717, 1.165) is 25.1 Å². The number of pyridine rings is 1. The number of aromatic nitrogens is 1. The fourth-order valence-corrected chi connectivity index (χ4v) is 4.97. The number of carbonyl (C=O) groups is 2. The molecule has 2 amide bonds. The molecular formula is C28H36N6O2. The van der Waals surface area contributed by atoms with Crippen molar-refractivity contribution in [2.24, 2.45) is 0 Å². The van der Waals surface area contributed by atoms with Gasteiger partial charge in [0.15, 0.2) is 6.19 Å². The second-order valence-electron chi connectivity index (χ2n) is 10.8. The number of hydrogen-bond donors (Lipinski definition) is 0. The second-order valence-corrected chi connectivity index (χ2v) is 10.8. The number of likely N-dealkylation sites (tertiary alicyclic amines) is 1. The van der Waals surface area contributed by atoms with Gasteiger partial charge >= 0.3 is 0 Å². The standard InChI is InChI=1S/C28H36N6O2/c1-28(2,3)22-9-11-23(12-10-22)34(26(35)24-8-6-14-33(24)20-29)25(21-7-5-13-30-19-21)27(36)32-17-15-31(4)16-18-32/h5,7,9-13,19,24-25H,6,8,14-18H2,1-4H3/t24-,25?/m1/s1. The molecule has 0 N–H and O–H groups in total. The topological polar surface area (TPSA) is 83.8 Å². The molecule has 190 valence electrons. The summed E-state index contributed by atoms with van der Waals surface area (Å²) in [6, 6.07) is 10.1. The number of piperazine rings is 1. The minimum absolute atomic E-state index is 0.0468. The second kappa shape index (κ2) is 10.7. The number of nitrogens with zero attached hydrogens (tertiary/aromatic N) is 6. The van der Waals surface area contributed by atoms with Crippen molar-refractivity contribution in [3.05, 3.63) is 59.9 Å². The maximum absolute atomic E-state index is 14.2. The molecule has 0 spiro atoms. The highest BCUT2D eigenvalue weighted by atomic mass is 16.2. The van der Waals surface area contributed by atoms with E-state index in [0.29, 0.717) is 37.3 Å². The summed E-state index contributed by atoms with van der Waals surface area (Å²) < 4.78 is 0. The van der Waals surface area contributed by atoms with Gasteiger partial charge in [-0.15, -0.1) is 0 Å². The third-order valence-electron chi connectivity index (χ3n) is 7.22. The van der Waals surface area contributed by atoms with Crippen LogP contribution in [0.15, 0.2) is 48.8 Å². The molecule has 1 aromatic heterocycles. The van der Waals surface area contributed by atoms with Crippen molar-refractivity contribution in [2.45, 2.75) is 51.1 Å². The zero-order valence-corrected chi connectivity index (χ0v) is 21.7. The third-order valence-corrected chi connectivity index (χ3v) is 7.22. The van der Waals surface area contributed by atoms with Crippen LogP contribution < -0.4 is 4.90 Å². The average molecular weight is 489 g/mol. The minimum Gasteiger partial charge on any atom is -0.338 e. The summed E-state index contributed by atoms with van der Waals surface area (Å²) in [6.45, 7) is 9.75. The van der Waals surface area contributed by atoms with Crippen molar-refractivity contribution in [2.75, 3.05) is 44.7 Å². The van der Waals surface area contributed by atoms with Gasteiger partial charge in [-0.2, -0.15) is 5.26 Å². The van der Waals surface area contributed by atoms with Crippen molar-refractivity contribution < 1.29 is 9.59 Å². The Labute approximate surface area is 214 Å². The zero-order chi connectivity index (χ0) is 25.9. The Balaban J connectivity index is 1.81. The Morgan fingerprint density at radius 2 is 1.78 bits per heavy atom. The molecule has 1 aromatic carbocycles. The first-order valence-electron chi connectivity index (χ1n) is 12.7. The molecule has 2 aliphatic rings. The monoisotopic (exact) mass is 488 g/mol. The normalized spacial score (nSPS) is 19.6. The number of nitriles is 1. The van der Waals surface area contributed by atoms with Crippen molar-refractivity contribution in [3.8, 4) is 6.19 Å². The molecule has 36 heavy (non-hydrogen) atoms. The lowest BCUT2D eigenvalue weighted by molar-refractivity contribution is -0.136. The molecule has 3 heterocycles. The highest BCUT2D eigenvalue weighted by Gasteiger charge is 2.41. The van der Waals surface area contributed by atoms with Gasteiger partial charge in [0.2, 0.25) is 0 Å². The van der Waals surface area contributed by atoms with E-state index in [1.807, 2.05) is 42.3 Å². The average Bonchev–Trinajstić information content (AvgIpc) is 3.36. The van der Waals surface area contributed by atoms with E-state index in [1.54, 1.807) is 28.3 Å². The van der Waals surface area contributed by atoms with Crippen LogP contribution in [0.2, 0.25) is 0 Å². The van der Waals surface area contributed by atoms with E-state index in [4.69, 9.17) is 0 Å². The van der Waals surface area contributed by atoms with E-state index in [9.17, 15) is 14.9 Å². The highest BCUT2D eigenvalue weighted by Crippen LogP contribution is 2.34. The molecule has 2 saturated heterocycles. The van der Waals surface area contributed by atoms with Crippen molar-refractivity contribution in [1.29, 1.82) is 5.26 Å². The molecule has 0 saturated carbocycles. The summed E-state index contributed by atoms with van der Waals surface area (Å²) in [5.41, 5.74) is 2.40. The first-order valence-corrected chi connectivity index (χ1v) is 12.7. The first-order chi connectivity index (χ1) is 17.2. The van der Waals surface area contributed by atoms with Crippen molar-refractivity contribution in [3.63, 3.8) is 0 Å². The molecule has 0 aliphatic carbocycles. The Morgan fingerprint density at radius 3 is 2.36 bits per heavy atom. The van der Waals surface area contributed by atoms with Crippen LogP contribution in [0.3, 0.4) is 0 Å². The molecule has 2 fully saturated rings. The largest absolute Gasteiger partial charge is 0.338 e. The van der Waals surface area contributed by atoms with Crippen LogP contribution in [0.25, 0.3) is 0 Å². The van der Waals surface area contributed by atoms with Gasteiger partial charge in [-0.3, -0.25) is 24.4 Å². The molecule has 2 aromatic rings. The molecule has 1 unspecified atom stereocenters. The Morgan fingerprint density at radius 1 is 1.08 bits per heavy atom. The van der Waals surface area contributed by atoms with Crippen LogP contribution in [-0.2, 0) is 15.0 Å². The predicted molar refractivity (Wildman–Crippen MR) is 139 cm³/mol. The van der Waals surface area contributed by atoms with Crippen LogP contribution in [0.1, 0.15) is 50.8 Å². The van der Waals surface area contributed by atoms with Crippen molar-refractivity contribution >= 4 is 17.5 Å². The summed E-state index contributed by atoms with van der Waals surface area (Å²) in [6.07, 6.45) is 6.87. The Bertz CT molecular complexity index is 1100. The van der Waals surface area contributed by atoms with Crippen LogP contribution in [0, 0.1) is 11.5 Å². The van der Waals surface area contributed by atoms with E-state index in [-0.39, 0.29) is 17.2 Å². The molecule has 8 nitrogen and oxygen atoms in total. The fraction of sp³-hybridized carbons (Fsp3) is 0.500. The minimum atomic E-state index is -0.865. The molecule has 4 rings (SSSR count). The van der Waals surface area contributed by atoms with E-state index in [1.165, 1.54) is 0 Å². The first kappa shape index (κ1) is 25.6. The zero-order valence-electron chi connectivity index (χ0n) is 21.7. The smallest absolute Gasteiger partial charge is 0.251 e. The number of rotatable bonds is 5. The Hall–Kier alpha value is -3.44. The summed E-state index contributed by atoms with van der Waals surface area (Å²) in [5.74, 6) is -0.347. The van der Waals surface area contributed by atoms with Crippen LogP contribution in [-0.4, -0.2) is 77.3 Å². The number of amides is 2. The van der Waals surface area contributed by atoms with Gasteiger partial charge in [0.25, 0.3) is 11.8 Å². The van der Waals surface area contributed by atoms with Gasteiger partial charge in [0.05, 0.1) is 0 Å². The molecular weight excluding hydrogens is 452 g/mol. The van der Waals surface area contributed by atoms with Gasteiger partial charge in [-0.05, 0) is 49.1 Å². The number of anilines is 1. The van der Waals surface area contributed by atoms with Gasteiger partial charge in [0.1, 0.15) is 12.1 Å². The molecule has 0 bridgehead atoms. The van der Waals surface area contributed by atoms with Crippen LogP contribution >= 0.6 is 0 Å². The highest BCUT2D eigenvalue weighted by molar-refractivity contribution is 6.04. The summed E-state index contributed by atoms with van der Waals surface area (Å²) >= 11 is 0. The van der Waals surface area contributed by atoms with Gasteiger partial charge in [-0.1, -0.05) is 39.0 Å². The van der Waals surface area contributed by atoms with Gasteiger partial charge in [0, 0.05) is 56.4 Å². The lowest BCUT2D eigenvalue weighted by Crippen LogP contribution is -2.54. The van der Waals surface area contributed by atoms with Gasteiger partial charge in [-0.25, -0.2) is 0 Å². The summed E-state index contributed by atoms with van der Waals surface area (Å²) in [5, 5.41) is 9.67. The number of carbonyl (C=O) groups excluding carboxylic acids is 2. The number of benzene rings is 1. The lowest BCUT2D eigenvalue weighted by atomic mass is 9.87. The lowest BCUT2D eigenvalue weighted by Gasteiger charge is -2.39. The quantitative estimate of drug-likeness (QED) is 0.601. The predicted octanol–water partition coefficient (Wildman–Crippen LogP) is 3.17. The summed E-state index contributed by atoms with van der Waals surface area (Å²) in [7, 11) is 2.05. The number of likely N-dealkylation sites (N-methyl/N-ethyl adjacent to an activating group) is 1.